The van der Waals surface area contributed by atoms with Crippen LogP contribution in [0.2, 0.25) is 0 Å². The van der Waals surface area contributed by atoms with E-state index in [4.69, 9.17) is 15.2 Å². The third kappa shape index (κ3) is 3.04. The maximum atomic E-state index is 6.03. The molecular formula is C14H23N3O2. The minimum Gasteiger partial charge on any atom is -0.493 e. The van der Waals surface area contributed by atoms with E-state index in [-0.39, 0.29) is 0 Å². The van der Waals surface area contributed by atoms with E-state index in [0.717, 1.165) is 12.2 Å². The third-order valence-corrected chi connectivity index (χ3v) is 3.76. The topological polar surface area (TPSA) is 59.8 Å². The number of likely N-dealkylation sites (N-methyl/N-ethyl adjacent to an activating group) is 1. The largest absolute Gasteiger partial charge is 0.493 e. The van der Waals surface area contributed by atoms with E-state index in [2.05, 4.69) is 17.3 Å². The van der Waals surface area contributed by atoms with E-state index >= 15 is 0 Å². The summed E-state index contributed by atoms with van der Waals surface area (Å²) in [6, 6.07) is 4.26. The summed E-state index contributed by atoms with van der Waals surface area (Å²) in [6.07, 6.45) is 2.50. The summed E-state index contributed by atoms with van der Waals surface area (Å²) >= 11 is 0. The van der Waals surface area contributed by atoms with Gasteiger partial charge in [-0.25, -0.2) is 0 Å². The van der Waals surface area contributed by atoms with Gasteiger partial charge in [-0.15, -0.1) is 0 Å². The fraction of sp³-hybridized carbons (Fsp3) is 0.571. The number of nitrogen functional groups attached to an aromatic ring is 1. The number of ether oxygens (including phenoxy) is 2. The maximum Gasteiger partial charge on any atom is 0.162 e. The number of nitrogens with two attached hydrogens (primary N) is 1. The molecule has 3 N–H and O–H groups in total. The molecule has 5 heteroatoms. The highest BCUT2D eigenvalue weighted by Crippen LogP contribution is 2.34. The van der Waals surface area contributed by atoms with Crippen LogP contribution in [-0.4, -0.2) is 45.3 Å². The molecule has 5 nitrogen and oxygen atoms in total. The zero-order valence-electron chi connectivity index (χ0n) is 11.9. The minimum atomic E-state index is 0.576. The SMILES string of the molecule is COc1cc(N)c(NCC2CCCN2C)cc1OC. The van der Waals surface area contributed by atoms with Gasteiger partial charge in [0.05, 0.1) is 25.6 Å². The second-order valence-electron chi connectivity index (χ2n) is 4.95. The Labute approximate surface area is 114 Å². The maximum absolute atomic E-state index is 6.03. The highest BCUT2D eigenvalue weighted by atomic mass is 16.5. The number of nitrogens with one attached hydrogen (secondary N) is 1. The van der Waals surface area contributed by atoms with Gasteiger partial charge in [0.2, 0.25) is 0 Å². The average molecular weight is 265 g/mol. The number of hydrogen-bond donors (Lipinski definition) is 2. The molecule has 0 spiro atoms. The smallest absolute Gasteiger partial charge is 0.162 e. The van der Waals surface area contributed by atoms with Crippen LogP contribution in [0.1, 0.15) is 12.8 Å². The Morgan fingerprint density at radius 2 is 2.00 bits per heavy atom. The van der Waals surface area contributed by atoms with Crippen LogP contribution in [0.5, 0.6) is 11.5 Å². The summed E-state index contributed by atoms with van der Waals surface area (Å²) in [5.41, 5.74) is 7.61. The molecule has 0 bridgehead atoms. The van der Waals surface area contributed by atoms with Gasteiger partial charge >= 0.3 is 0 Å². The van der Waals surface area contributed by atoms with Crippen LogP contribution >= 0.6 is 0 Å². The second kappa shape index (κ2) is 6.02. The average Bonchev–Trinajstić information content (AvgIpc) is 2.82. The monoisotopic (exact) mass is 265 g/mol. The van der Waals surface area contributed by atoms with Crippen LogP contribution in [0.15, 0.2) is 12.1 Å². The lowest BCUT2D eigenvalue weighted by molar-refractivity contribution is 0.322. The van der Waals surface area contributed by atoms with Crippen LogP contribution in [0.4, 0.5) is 11.4 Å². The predicted molar refractivity (Wildman–Crippen MR) is 78.1 cm³/mol. The van der Waals surface area contributed by atoms with Crippen molar-refractivity contribution < 1.29 is 9.47 Å². The molecule has 0 aromatic heterocycles. The normalized spacial score (nSPS) is 19.4. The highest BCUT2D eigenvalue weighted by Gasteiger charge is 2.20. The van der Waals surface area contributed by atoms with Crippen LogP contribution in [-0.2, 0) is 0 Å². The molecule has 106 valence electrons. The third-order valence-electron chi connectivity index (χ3n) is 3.76. The van der Waals surface area contributed by atoms with E-state index in [1.165, 1.54) is 19.4 Å². The molecule has 1 aromatic rings. The van der Waals surface area contributed by atoms with Crippen LogP contribution in [0.3, 0.4) is 0 Å². The van der Waals surface area contributed by atoms with Crippen molar-refractivity contribution in [1.82, 2.24) is 4.90 Å². The molecule has 1 atom stereocenters. The molecule has 2 rings (SSSR count). The van der Waals surface area contributed by atoms with Gasteiger partial charge in [0.25, 0.3) is 0 Å². The molecule has 0 saturated carbocycles. The molecule has 1 aliphatic rings. The lowest BCUT2D eigenvalue weighted by Crippen LogP contribution is -2.31. The Hall–Kier alpha value is -1.62. The lowest BCUT2D eigenvalue weighted by Gasteiger charge is -2.21. The Morgan fingerprint density at radius 3 is 2.58 bits per heavy atom. The number of methoxy groups -OCH3 is 2. The summed E-state index contributed by atoms with van der Waals surface area (Å²) in [5.74, 6) is 1.35. The van der Waals surface area contributed by atoms with E-state index in [1.54, 1.807) is 20.3 Å². The van der Waals surface area contributed by atoms with Crippen molar-refractivity contribution in [2.75, 3.05) is 45.4 Å². The molecule has 1 aliphatic heterocycles. The highest BCUT2D eigenvalue weighted by molar-refractivity contribution is 5.72. The first-order valence-corrected chi connectivity index (χ1v) is 6.61. The molecule has 1 fully saturated rings. The van der Waals surface area contributed by atoms with Crippen molar-refractivity contribution in [1.29, 1.82) is 0 Å². The van der Waals surface area contributed by atoms with Gasteiger partial charge in [0.15, 0.2) is 11.5 Å². The summed E-state index contributed by atoms with van der Waals surface area (Å²) in [6.45, 7) is 2.07. The van der Waals surface area contributed by atoms with Crippen LogP contribution in [0.25, 0.3) is 0 Å². The van der Waals surface area contributed by atoms with E-state index in [0.29, 0.717) is 23.2 Å². The molecule has 0 amide bonds. The molecule has 1 aromatic carbocycles. The van der Waals surface area contributed by atoms with E-state index in [9.17, 15) is 0 Å². The zero-order chi connectivity index (χ0) is 13.8. The van der Waals surface area contributed by atoms with Crippen molar-refractivity contribution in [3.8, 4) is 11.5 Å². The molecular weight excluding hydrogens is 242 g/mol. The molecule has 19 heavy (non-hydrogen) atoms. The fourth-order valence-electron chi connectivity index (χ4n) is 2.51. The van der Waals surface area contributed by atoms with E-state index in [1.807, 2.05) is 6.07 Å². The molecule has 0 radical (unpaired) electrons. The van der Waals surface area contributed by atoms with Crippen molar-refractivity contribution in [2.45, 2.75) is 18.9 Å². The van der Waals surface area contributed by atoms with Gasteiger partial charge in [-0.05, 0) is 26.4 Å². The summed E-state index contributed by atoms with van der Waals surface area (Å²) < 4.78 is 10.5. The number of rotatable bonds is 5. The molecule has 0 aliphatic carbocycles. The van der Waals surface area contributed by atoms with Crippen molar-refractivity contribution in [3.63, 3.8) is 0 Å². The van der Waals surface area contributed by atoms with Crippen molar-refractivity contribution in [2.24, 2.45) is 0 Å². The second-order valence-corrected chi connectivity index (χ2v) is 4.95. The quantitative estimate of drug-likeness (QED) is 0.795. The summed E-state index contributed by atoms with van der Waals surface area (Å²) in [7, 11) is 5.40. The van der Waals surface area contributed by atoms with Gasteiger partial charge in [-0.3, -0.25) is 0 Å². The molecule has 1 heterocycles. The number of nitrogens with zero attached hydrogens (tertiary/aromatic N) is 1. The van der Waals surface area contributed by atoms with Gasteiger partial charge in [0.1, 0.15) is 0 Å². The summed E-state index contributed by atoms with van der Waals surface area (Å²) in [5, 5.41) is 3.41. The zero-order valence-corrected chi connectivity index (χ0v) is 11.9. The van der Waals surface area contributed by atoms with Gasteiger partial charge in [-0.1, -0.05) is 0 Å². The van der Waals surface area contributed by atoms with Crippen molar-refractivity contribution in [3.05, 3.63) is 12.1 Å². The predicted octanol–water partition coefficient (Wildman–Crippen LogP) is 1.79. The molecule has 1 unspecified atom stereocenters. The number of benzene rings is 1. The number of likely N-dealkylation sites (tertiary alicyclic amines) is 1. The Bertz CT molecular complexity index is 437. The number of anilines is 2. The Balaban J connectivity index is 2.07. The van der Waals surface area contributed by atoms with Gasteiger partial charge in [-0.2, -0.15) is 0 Å². The van der Waals surface area contributed by atoms with Crippen molar-refractivity contribution >= 4 is 11.4 Å². The molecule has 1 saturated heterocycles. The lowest BCUT2D eigenvalue weighted by atomic mass is 10.2. The van der Waals surface area contributed by atoms with Gasteiger partial charge < -0.3 is 25.4 Å². The Morgan fingerprint density at radius 1 is 1.32 bits per heavy atom. The minimum absolute atomic E-state index is 0.576. The number of hydrogen-bond acceptors (Lipinski definition) is 5. The first kappa shape index (κ1) is 13.8. The first-order valence-electron chi connectivity index (χ1n) is 6.61. The van der Waals surface area contributed by atoms with Gasteiger partial charge in [0, 0.05) is 24.7 Å². The summed E-state index contributed by atoms with van der Waals surface area (Å²) in [4.78, 5) is 2.38. The van der Waals surface area contributed by atoms with Crippen LogP contribution in [0, 0.1) is 0 Å². The van der Waals surface area contributed by atoms with E-state index < -0.39 is 0 Å². The standard InChI is InChI=1S/C14H23N3O2/c1-17-6-4-5-10(17)9-16-12-8-14(19-3)13(18-2)7-11(12)15/h7-8,10,16H,4-6,9,15H2,1-3H3. The Kier molecular flexibility index (Phi) is 4.37. The van der Waals surface area contributed by atoms with Crippen LogP contribution < -0.4 is 20.5 Å². The first-order chi connectivity index (χ1) is 9.15. The fourth-order valence-corrected chi connectivity index (χ4v) is 2.51.